The van der Waals surface area contributed by atoms with Gasteiger partial charge in [-0.1, -0.05) is 27.7 Å². The number of aliphatic carboxylic acids is 4. The van der Waals surface area contributed by atoms with Crippen LogP contribution in [0.15, 0.2) is 0 Å². The van der Waals surface area contributed by atoms with Gasteiger partial charge in [0.25, 0.3) is 0 Å². The van der Waals surface area contributed by atoms with E-state index in [4.69, 9.17) is 26.2 Å². The van der Waals surface area contributed by atoms with Crippen LogP contribution in [-0.2, 0) is 33.6 Å². The number of carbonyl (C=O) groups is 7. The molecule has 1 atom stereocenters. The summed E-state index contributed by atoms with van der Waals surface area (Å²) in [6, 6.07) is -0.115. The fourth-order valence-electron chi connectivity index (χ4n) is 5.03. The van der Waals surface area contributed by atoms with Gasteiger partial charge in [-0.05, 0) is 32.7 Å². The van der Waals surface area contributed by atoms with Gasteiger partial charge in [-0.3, -0.25) is 53.2 Å². The summed E-state index contributed by atoms with van der Waals surface area (Å²) in [6.07, 6.45) is 3.08. The monoisotopic (exact) mass is 733 g/mol. The molecule has 1 aliphatic rings. The summed E-state index contributed by atoms with van der Waals surface area (Å²) in [4.78, 5) is 85.0. The molecule has 1 saturated heterocycles. The lowest BCUT2D eigenvalue weighted by molar-refractivity contribution is -0.140. The number of nitrogens with zero attached hydrogens (tertiary/aromatic N) is 4. The Hall–Kier alpha value is -3.71. The molecule has 1 aliphatic heterocycles. The number of carbonyl (C=O) groups excluding carboxylic acids is 3. The number of primary amides is 1. The number of carboxylic acid groups (broad SMARTS) is 4. The molecule has 1 heterocycles. The normalized spacial score (nSPS) is 15.8. The molecular formula is C33H63N7O11. The molecule has 18 nitrogen and oxygen atoms in total. The minimum absolute atomic E-state index is 0.00698. The Morgan fingerprint density at radius 1 is 0.608 bits per heavy atom. The maximum atomic E-state index is 11.8. The van der Waals surface area contributed by atoms with Crippen LogP contribution in [0.1, 0.15) is 66.2 Å². The Morgan fingerprint density at radius 3 is 1.31 bits per heavy atom. The number of ketones is 1. The molecule has 18 heteroatoms. The molecule has 0 aromatic carbocycles. The highest BCUT2D eigenvalue weighted by molar-refractivity contribution is 5.85. The van der Waals surface area contributed by atoms with Gasteiger partial charge in [0.2, 0.25) is 11.8 Å². The fraction of sp³-hybridized carbons (Fsp3) is 0.788. The van der Waals surface area contributed by atoms with E-state index in [0.29, 0.717) is 65.3 Å². The average molecular weight is 734 g/mol. The minimum atomic E-state index is -1.01. The van der Waals surface area contributed by atoms with E-state index in [-0.39, 0.29) is 62.7 Å². The highest BCUT2D eigenvalue weighted by Gasteiger charge is 2.21. The zero-order valence-electron chi connectivity index (χ0n) is 31.1. The first kappa shape index (κ1) is 49.4. The van der Waals surface area contributed by atoms with Gasteiger partial charge < -0.3 is 36.8 Å². The number of nitrogens with one attached hydrogen (secondary N) is 2. The summed E-state index contributed by atoms with van der Waals surface area (Å²) < 4.78 is 0. The molecule has 2 amide bonds. The Kier molecular flexibility index (Phi) is 29.0. The summed E-state index contributed by atoms with van der Waals surface area (Å²) in [5.74, 6) is -4.26. The fourth-order valence-corrected chi connectivity index (χ4v) is 5.03. The molecule has 8 N–H and O–H groups in total. The second-order valence-electron chi connectivity index (χ2n) is 12.2. The Labute approximate surface area is 301 Å². The van der Waals surface area contributed by atoms with E-state index in [2.05, 4.69) is 10.6 Å². The molecule has 296 valence electrons. The Morgan fingerprint density at radius 2 is 1.00 bits per heavy atom. The van der Waals surface area contributed by atoms with Gasteiger partial charge in [-0.15, -0.1) is 0 Å². The van der Waals surface area contributed by atoms with Gasteiger partial charge in [0.15, 0.2) is 5.78 Å². The number of nitrogens with two attached hydrogens (primary N) is 1. The van der Waals surface area contributed by atoms with E-state index in [1.807, 2.05) is 27.7 Å². The largest absolute Gasteiger partial charge is 0.481 e. The summed E-state index contributed by atoms with van der Waals surface area (Å²) in [7, 11) is 1.79. The van der Waals surface area contributed by atoms with Crippen LogP contribution in [0.3, 0.4) is 0 Å². The average Bonchev–Trinajstić information content (AvgIpc) is 3.03. The predicted octanol–water partition coefficient (Wildman–Crippen LogP) is -0.686. The lowest BCUT2D eigenvalue weighted by Crippen LogP contribution is -2.49. The second kappa shape index (κ2) is 30.0. The third-order valence-corrected chi connectivity index (χ3v) is 7.68. The molecular weight excluding hydrogens is 670 g/mol. The number of hydrogen-bond donors (Lipinski definition) is 7. The molecule has 0 aromatic rings. The summed E-state index contributed by atoms with van der Waals surface area (Å²) in [6.45, 7) is 10.6. The highest BCUT2D eigenvalue weighted by Crippen LogP contribution is 2.07. The number of likely N-dealkylation sites (N-methyl/N-ethyl adjacent to an activating group) is 1. The van der Waals surface area contributed by atoms with Crippen LogP contribution in [0.5, 0.6) is 0 Å². The maximum absolute atomic E-state index is 11.8. The van der Waals surface area contributed by atoms with Crippen LogP contribution < -0.4 is 16.4 Å². The summed E-state index contributed by atoms with van der Waals surface area (Å²) in [5, 5.41) is 41.5. The highest BCUT2D eigenvalue weighted by atomic mass is 16.4. The standard InChI is InChI=1S/C16H29N5O7.C15H28N2O4.C2H6/c17-13(22)9-18-1-3-19(10-14(23)24)5-7-21(12-16(27)28)8-6-20(4-2-18)11-15(25)26;1-11(2)15(21)12(16-3)7-4-5-10-17-13(18)8-6-9-14(19)20;1-2/h1-12H2,(H2,17,22)(H,23,24)(H,25,26)(H,27,28);11-12,16H,4-10H2,1-3H3,(H,17,18)(H,19,20);1-2H3. The smallest absolute Gasteiger partial charge is 0.317 e. The molecule has 0 saturated carbocycles. The van der Waals surface area contributed by atoms with E-state index >= 15 is 0 Å². The first-order chi connectivity index (χ1) is 24.0. The van der Waals surface area contributed by atoms with Crippen LogP contribution in [0.25, 0.3) is 0 Å². The Balaban J connectivity index is 0. The summed E-state index contributed by atoms with van der Waals surface area (Å²) >= 11 is 0. The van der Waals surface area contributed by atoms with E-state index in [1.165, 1.54) is 0 Å². The predicted molar refractivity (Wildman–Crippen MR) is 190 cm³/mol. The van der Waals surface area contributed by atoms with Crippen molar-refractivity contribution in [1.82, 2.24) is 30.2 Å². The lowest BCUT2D eigenvalue weighted by Gasteiger charge is -2.32. The third-order valence-electron chi connectivity index (χ3n) is 7.68. The van der Waals surface area contributed by atoms with Gasteiger partial charge in [0, 0.05) is 77.7 Å². The summed E-state index contributed by atoms with van der Waals surface area (Å²) in [5.41, 5.74) is 5.28. The van der Waals surface area contributed by atoms with Crippen LogP contribution in [0.2, 0.25) is 0 Å². The zero-order valence-corrected chi connectivity index (χ0v) is 31.1. The molecule has 1 fully saturated rings. The first-order valence-electron chi connectivity index (χ1n) is 17.6. The number of amides is 2. The van der Waals surface area contributed by atoms with E-state index in [9.17, 15) is 33.6 Å². The first-order valence-corrected chi connectivity index (χ1v) is 17.6. The topological polar surface area (TPSA) is 263 Å². The van der Waals surface area contributed by atoms with Gasteiger partial charge in [-0.25, -0.2) is 0 Å². The van der Waals surface area contributed by atoms with E-state index in [0.717, 1.165) is 19.3 Å². The van der Waals surface area contributed by atoms with E-state index < -0.39 is 29.8 Å². The van der Waals surface area contributed by atoms with Crippen molar-refractivity contribution < 1.29 is 54.0 Å². The SMILES string of the molecule is CC.CNC(CCCCNC(=O)CCCC(=O)O)C(=O)C(C)C.NC(=O)CN1CCN(CC(=O)O)CCN(CC(=O)O)CCN(CC(=O)O)CC1. The van der Waals surface area contributed by atoms with Crippen molar-refractivity contribution in [3.8, 4) is 0 Å². The number of carboxylic acids is 4. The van der Waals surface area contributed by atoms with Crippen molar-refractivity contribution in [2.75, 3.05) is 92.1 Å². The second-order valence-corrected chi connectivity index (χ2v) is 12.2. The van der Waals surface area contributed by atoms with Crippen molar-refractivity contribution in [3.05, 3.63) is 0 Å². The van der Waals surface area contributed by atoms with Crippen molar-refractivity contribution in [1.29, 1.82) is 0 Å². The molecule has 51 heavy (non-hydrogen) atoms. The third kappa shape index (κ3) is 28.7. The van der Waals surface area contributed by atoms with Gasteiger partial charge in [0.1, 0.15) is 0 Å². The van der Waals surface area contributed by atoms with E-state index in [1.54, 1.807) is 26.6 Å². The Bertz CT molecular complexity index is 950. The maximum Gasteiger partial charge on any atom is 0.317 e. The van der Waals surface area contributed by atoms with Gasteiger partial charge >= 0.3 is 23.9 Å². The van der Waals surface area contributed by atoms with Gasteiger partial charge in [0.05, 0.1) is 32.2 Å². The molecule has 1 unspecified atom stereocenters. The van der Waals surface area contributed by atoms with Gasteiger partial charge in [-0.2, -0.15) is 0 Å². The number of unbranched alkanes of at least 4 members (excludes halogenated alkanes) is 1. The number of rotatable bonds is 20. The number of hydrogen-bond acceptors (Lipinski definition) is 12. The van der Waals surface area contributed by atoms with Crippen LogP contribution in [0.4, 0.5) is 0 Å². The lowest BCUT2D eigenvalue weighted by atomic mass is 9.97. The van der Waals surface area contributed by atoms with Crippen LogP contribution >= 0.6 is 0 Å². The van der Waals surface area contributed by atoms with Crippen molar-refractivity contribution in [2.24, 2.45) is 11.7 Å². The van der Waals surface area contributed by atoms with Crippen LogP contribution in [-0.4, -0.2) is 180 Å². The van der Waals surface area contributed by atoms with Crippen molar-refractivity contribution in [2.45, 2.75) is 72.3 Å². The quantitative estimate of drug-likeness (QED) is 0.0764. The molecule has 0 spiro atoms. The van der Waals surface area contributed by atoms with Crippen LogP contribution in [0, 0.1) is 5.92 Å². The number of Topliss-reactive ketones (excluding diaryl/α,β-unsaturated/α-hetero) is 1. The van der Waals surface area contributed by atoms with Crippen molar-refractivity contribution in [3.63, 3.8) is 0 Å². The zero-order chi connectivity index (χ0) is 39.4. The molecule has 0 aromatic heterocycles. The molecule has 0 bridgehead atoms. The molecule has 0 aliphatic carbocycles. The molecule has 0 radical (unpaired) electrons. The minimum Gasteiger partial charge on any atom is -0.481 e. The van der Waals surface area contributed by atoms with Crippen molar-refractivity contribution >= 4 is 41.5 Å². The molecule has 1 rings (SSSR count).